The van der Waals surface area contributed by atoms with Gasteiger partial charge in [0, 0.05) is 51.6 Å². The molecule has 0 radical (unpaired) electrons. The average molecular weight is 342 g/mol. The largest absolute Gasteiger partial charge is 0.381 e. The molecular weight excluding hydrogens is 316 g/mol. The number of carbonyl (C=O) groups is 1. The van der Waals surface area contributed by atoms with Crippen molar-refractivity contribution < 1.29 is 9.53 Å². The Kier molecular flexibility index (Phi) is 4.72. The molecule has 0 N–H and O–H groups in total. The van der Waals surface area contributed by atoms with Gasteiger partial charge in [-0.05, 0) is 30.9 Å². The van der Waals surface area contributed by atoms with Crippen molar-refractivity contribution in [2.24, 2.45) is 5.92 Å². The summed E-state index contributed by atoms with van der Waals surface area (Å²) in [5.41, 5.74) is 3.09. The second kappa shape index (κ2) is 7.14. The molecule has 2 aromatic heterocycles. The maximum atomic E-state index is 12.5. The number of hydrogen-bond donors (Lipinski definition) is 0. The van der Waals surface area contributed by atoms with Crippen molar-refractivity contribution in [2.75, 3.05) is 39.4 Å². The van der Waals surface area contributed by atoms with Crippen LogP contribution in [0.25, 0.3) is 5.65 Å². The Morgan fingerprint density at radius 2 is 2.24 bits per heavy atom. The van der Waals surface area contributed by atoms with Crippen LogP contribution in [-0.2, 0) is 16.1 Å². The number of amides is 1. The van der Waals surface area contributed by atoms with Gasteiger partial charge in [-0.1, -0.05) is 6.07 Å². The SMILES string of the molecule is Cc1cccn2cc(CN3CCN(CC4CCOC4)CCC3=O)nc12. The minimum atomic E-state index is 0.235. The van der Waals surface area contributed by atoms with Crippen molar-refractivity contribution in [1.82, 2.24) is 19.2 Å². The highest BCUT2D eigenvalue weighted by atomic mass is 16.5. The van der Waals surface area contributed by atoms with E-state index in [1.165, 1.54) is 0 Å². The molecule has 6 nitrogen and oxygen atoms in total. The van der Waals surface area contributed by atoms with Crippen molar-refractivity contribution in [2.45, 2.75) is 26.3 Å². The number of fused-ring (bicyclic) bond motifs is 1. The van der Waals surface area contributed by atoms with E-state index in [2.05, 4.69) is 17.9 Å². The Hall–Kier alpha value is -1.92. The Balaban J connectivity index is 1.41. The number of nitrogens with zero attached hydrogens (tertiary/aromatic N) is 4. The van der Waals surface area contributed by atoms with Gasteiger partial charge in [-0.2, -0.15) is 0 Å². The average Bonchev–Trinajstić information content (AvgIpc) is 3.22. The van der Waals surface area contributed by atoms with Crippen LogP contribution in [0.1, 0.15) is 24.1 Å². The van der Waals surface area contributed by atoms with Crippen LogP contribution in [0.2, 0.25) is 0 Å². The summed E-state index contributed by atoms with van der Waals surface area (Å²) in [6, 6.07) is 4.09. The molecule has 2 aliphatic rings. The van der Waals surface area contributed by atoms with Gasteiger partial charge in [-0.3, -0.25) is 4.79 Å². The molecule has 1 amide bonds. The first-order chi connectivity index (χ1) is 12.2. The third kappa shape index (κ3) is 3.70. The summed E-state index contributed by atoms with van der Waals surface area (Å²) in [6.45, 7) is 8.04. The molecule has 4 rings (SSSR count). The molecule has 0 aliphatic carbocycles. The first-order valence-electron chi connectivity index (χ1n) is 9.20. The van der Waals surface area contributed by atoms with Gasteiger partial charge >= 0.3 is 0 Å². The lowest BCUT2D eigenvalue weighted by molar-refractivity contribution is -0.131. The van der Waals surface area contributed by atoms with Crippen LogP contribution in [0.15, 0.2) is 24.5 Å². The molecule has 4 heterocycles. The number of pyridine rings is 1. The van der Waals surface area contributed by atoms with Gasteiger partial charge in [0.05, 0.1) is 18.8 Å². The molecule has 25 heavy (non-hydrogen) atoms. The summed E-state index contributed by atoms with van der Waals surface area (Å²) in [5.74, 6) is 0.863. The Morgan fingerprint density at radius 1 is 1.32 bits per heavy atom. The zero-order valence-corrected chi connectivity index (χ0v) is 14.9. The normalized spacial score (nSPS) is 22.7. The monoisotopic (exact) mass is 342 g/mol. The number of rotatable bonds is 4. The molecule has 134 valence electrons. The lowest BCUT2D eigenvalue weighted by Gasteiger charge is -2.23. The standard InChI is InChI=1S/C19H26N4O2/c1-15-3-2-6-23-13-17(20-19(15)23)12-22-9-8-21(7-4-18(22)24)11-16-5-10-25-14-16/h2-3,6,13,16H,4-5,7-12,14H2,1H3. The number of aromatic nitrogens is 2. The van der Waals surface area contributed by atoms with E-state index in [4.69, 9.17) is 9.72 Å². The van der Waals surface area contributed by atoms with Gasteiger partial charge in [0.1, 0.15) is 5.65 Å². The van der Waals surface area contributed by atoms with E-state index in [0.717, 1.165) is 62.7 Å². The van der Waals surface area contributed by atoms with Gasteiger partial charge < -0.3 is 18.9 Å². The predicted octanol–water partition coefficient (Wildman–Crippen LogP) is 1.71. The highest BCUT2D eigenvalue weighted by molar-refractivity contribution is 5.76. The summed E-state index contributed by atoms with van der Waals surface area (Å²) < 4.78 is 7.52. The van der Waals surface area contributed by atoms with Crippen molar-refractivity contribution in [1.29, 1.82) is 0 Å². The number of imidazole rings is 1. The van der Waals surface area contributed by atoms with E-state index in [1.807, 2.05) is 27.8 Å². The smallest absolute Gasteiger partial charge is 0.224 e. The van der Waals surface area contributed by atoms with Gasteiger partial charge in [-0.15, -0.1) is 0 Å². The lowest BCUT2D eigenvalue weighted by Crippen LogP contribution is -2.34. The molecule has 1 unspecified atom stereocenters. The summed E-state index contributed by atoms with van der Waals surface area (Å²) in [4.78, 5) is 21.6. The summed E-state index contributed by atoms with van der Waals surface area (Å²) in [6.07, 6.45) is 5.79. The highest BCUT2D eigenvalue weighted by Crippen LogP contribution is 2.17. The highest BCUT2D eigenvalue weighted by Gasteiger charge is 2.25. The quantitative estimate of drug-likeness (QED) is 0.849. The molecule has 0 aromatic carbocycles. The van der Waals surface area contributed by atoms with Crippen molar-refractivity contribution in [3.05, 3.63) is 35.8 Å². The molecular formula is C19H26N4O2. The molecule has 2 saturated heterocycles. The maximum absolute atomic E-state index is 12.5. The third-order valence-electron chi connectivity index (χ3n) is 5.30. The van der Waals surface area contributed by atoms with E-state index >= 15 is 0 Å². The number of carbonyl (C=O) groups excluding carboxylic acids is 1. The predicted molar refractivity (Wildman–Crippen MR) is 95.3 cm³/mol. The number of hydrogen-bond acceptors (Lipinski definition) is 4. The minimum absolute atomic E-state index is 0.235. The molecule has 0 saturated carbocycles. The van der Waals surface area contributed by atoms with Crippen LogP contribution < -0.4 is 0 Å². The van der Waals surface area contributed by atoms with Crippen LogP contribution in [0.3, 0.4) is 0 Å². The summed E-state index contributed by atoms with van der Waals surface area (Å²) in [7, 11) is 0. The van der Waals surface area contributed by atoms with Crippen LogP contribution >= 0.6 is 0 Å². The van der Waals surface area contributed by atoms with Gasteiger partial charge in [0.15, 0.2) is 0 Å². The van der Waals surface area contributed by atoms with Crippen molar-refractivity contribution in [3.8, 4) is 0 Å². The van der Waals surface area contributed by atoms with Gasteiger partial charge in [0.2, 0.25) is 5.91 Å². The first kappa shape index (κ1) is 16.5. The van der Waals surface area contributed by atoms with Gasteiger partial charge in [-0.25, -0.2) is 4.98 Å². The van der Waals surface area contributed by atoms with Gasteiger partial charge in [0.25, 0.3) is 0 Å². The molecule has 2 aromatic rings. The molecule has 2 aliphatic heterocycles. The zero-order chi connectivity index (χ0) is 17.2. The lowest BCUT2D eigenvalue weighted by atomic mass is 10.1. The van der Waals surface area contributed by atoms with E-state index in [9.17, 15) is 4.79 Å². The van der Waals surface area contributed by atoms with E-state index < -0.39 is 0 Å². The van der Waals surface area contributed by atoms with Crippen molar-refractivity contribution >= 4 is 11.6 Å². The topological polar surface area (TPSA) is 50.1 Å². The third-order valence-corrected chi connectivity index (χ3v) is 5.30. The molecule has 6 heteroatoms. The van der Waals surface area contributed by atoms with Crippen LogP contribution in [0.4, 0.5) is 0 Å². The van der Waals surface area contributed by atoms with Crippen molar-refractivity contribution in [3.63, 3.8) is 0 Å². The number of ether oxygens (including phenoxy) is 1. The molecule has 0 spiro atoms. The first-order valence-corrected chi connectivity index (χ1v) is 9.20. The van der Waals surface area contributed by atoms with Crippen LogP contribution in [0.5, 0.6) is 0 Å². The maximum Gasteiger partial charge on any atom is 0.224 e. The van der Waals surface area contributed by atoms with Crippen LogP contribution in [-0.4, -0.2) is 64.5 Å². The summed E-state index contributed by atoms with van der Waals surface area (Å²) in [5, 5.41) is 0. The Labute approximate surface area is 148 Å². The molecule has 2 fully saturated rings. The number of aryl methyl sites for hydroxylation is 1. The Morgan fingerprint density at radius 3 is 3.04 bits per heavy atom. The van der Waals surface area contributed by atoms with E-state index in [-0.39, 0.29) is 5.91 Å². The Bertz CT molecular complexity index is 751. The van der Waals surface area contributed by atoms with Crippen LogP contribution in [0, 0.1) is 12.8 Å². The fourth-order valence-corrected chi connectivity index (χ4v) is 3.83. The second-order valence-corrected chi connectivity index (χ2v) is 7.25. The molecule has 1 atom stereocenters. The van der Waals surface area contributed by atoms with E-state index in [1.54, 1.807) is 0 Å². The fraction of sp³-hybridized carbons (Fsp3) is 0.579. The molecule has 0 bridgehead atoms. The summed E-state index contributed by atoms with van der Waals surface area (Å²) >= 11 is 0. The minimum Gasteiger partial charge on any atom is -0.381 e. The zero-order valence-electron chi connectivity index (χ0n) is 14.9. The second-order valence-electron chi connectivity index (χ2n) is 7.25. The fourth-order valence-electron chi connectivity index (χ4n) is 3.83. The van der Waals surface area contributed by atoms with E-state index in [0.29, 0.717) is 18.9 Å².